The average molecular weight is 394 g/mol. The summed E-state index contributed by atoms with van der Waals surface area (Å²) in [6.07, 6.45) is 16.0. The minimum absolute atomic E-state index is 0.00531. The van der Waals surface area contributed by atoms with Crippen molar-refractivity contribution >= 4 is 23.0 Å². The van der Waals surface area contributed by atoms with E-state index in [0.29, 0.717) is 0 Å². The van der Waals surface area contributed by atoms with Crippen LogP contribution in [0.2, 0.25) is 5.28 Å². The van der Waals surface area contributed by atoms with Crippen LogP contribution in [0.5, 0.6) is 12.0 Å². The van der Waals surface area contributed by atoms with Crippen LogP contribution in [0.15, 0.2) is 10.3 Å². The van der Waals surface area contributed by atoms with Crippen LogP contribution < -0.4 is 9.68 Å². The molecule has 0 spiro atoms. The molecule has 1 aromatic rings. The standard InChI is InChI=1S/C19H28ClN5O2/c20-17-21-18(26-24-15-11-7-3-1-4-8-12-15)23-19(22-17)27-25-16-13-9-5-2-6-10-14-16/h1-14H2. The summed E-state index contributed by atoms with van der Waals surface area (Å²) < 4.78 is 0. The van der Waals surface area contributed by atoms with Crippen molar-refractivity contribution in [3.05, 3.63) is 5.28 Å². The molecule has 7 nitrogen and oxygen atoms in total. The fraction of sp³-hybridized carbons (Fsp3) is 0.737. The maximum absolute atomic E-state index is 5.97. The van der Waals surface area contributed by atoms with Gasteiger partial charge in [-0.25, -0.2) is 0 Å². The first-order valence-corrected chi connectivity index (χ1v) is 10.5. The lowest BCUT2D eigenvalue weighted by molar-refractivity contribution is 0.275. The zero-order chi connectivity index (χ0) is 18.7. The van der Waals surface area contributed by atoms with Gasteiger partial charge in [0.15, 0.2) is 0 Å². The Labute approximate surface area is 165 Å². The van der Waals surface area contributed by atoms with Crippen LogP contribution in [-0.2, 0) is 0 Å². The van der Waals surface area contributed by atoms with Crippen molar-refractivity contribution < 1.29 is 9.68 Å². The van der Waals surface area contributed by atoms with Crippen molar-refractivity contribution in [2.24, 2.45) is 10.3 Å². The smallest absolute Gasteiger partial charge is 0.315 e. The molecule has 2 fully saturated rings. The molecule has 1 aromatic heterocycles. The molecule has 27 heavy (non-hydrogen) atoms. The Hall–Kier alpha value is -1.76. The second-order valence-electron chi connectivity index (χ2n) is 7.20. The van der Waals surface area contributed by atoms with Crippen molar-refractivity contribution in [3.8, 4) is 12.0 Å². The number of aromatic nitrogens is 3. The van der Waals surface area contributed by atoms with Crippen LogP contribution in [0.3, 0.4) is 0 Å². The third kappa shape index (κ3) is 7.40. The molecule has 2 aliphatic carbocycles. The maximum atomic E-state index is 5.97. The first-order chi connectivity index (χ1) is 13.3. The molecule has 0 aliphatic heterocycles. The summed E-state index contributed by atoms with van der Waals surface area (Å²) in [5, 5.41) is 8.45. The van der Waals surface area contributed by atoms with E-state index in [2.05, 4.69) is 25.3 Å². The van der Waals surface area contributed by atoms with Gasteiger partial charge in [-0.05, 0) is 63.0 Å². The molecule has 148 valence electrons. The minimum Gasteiger partial charge on any atom is -0.315 e. The van der Waals surface area contributed by atoms with Gasteiger partial charge in [0, 0.05) is 0 Å². The predicted octanol–water partition coefficient (Wildman–Crippen LogP) is 5.48. The van der Waals surface area contributed by atoms with E-state index in [1.807, 2.05) is 0 Å². The summed E-state index contributed by atoms with van der Waals surface area (Å²) in [4.78, 5) is 22.9. The molecule has 0 N–H and O–H groups in total. The highest BCUT2D eigenvalue weighted by Gasteiger charge is 2.11. The van der Waals surface area contributed by atoms with Gasteiger partial charge >= 0.3 is 12.0 Å². The van der Waals surface area contributed by atoms with Gasteiger partial charge < -0.3 is 9.68 Å². The van der Waals surface area contributed by atoms with Gasteiger partial charge in [0.2, 0.25) is 5.28 Å². The normalized spacial score (nSPS) is 19.3. The number of rotatable bonds is 4. The number of oxime groups is 2. The number of hydrogen-bond donors (Lipinski definition) is 0. The molecule has 0 radical (unpaired) electrons. The van der Waals surface area contributed by atoms with Crippen LogP contribution in [0.25, 0.3) is 0 Å². The Morgan fingerprint density at radius 1 is 0.556 bits per heavy atom. The molecule has 2 saturated carbocycles. The molecule has 0 saturated heterocycles. The van der Waals surface area contributed by atoms with Gasteiger partial charge in [-0.15, -0.1) is 4.98 Å². The quantitative estimate of drug-likeness (QED) is 0.632. The van der Waals surface area contributed by atoms with Crippen molar-refractivity contribution in [1.29, 1.82) is 0 Å². The molecular weight excluding hydrogens is 366 g/mol. The monoisotopic (exact) mass is 393 g/mol. The van der Waals surface area contributed by atoms with Crippen LogP contribution >= 0.6 is 11.6 Å². The van der Waals surface area contributed by atoms with E-state index in [9.17, 15) is 0 Å². The molecule has 1 heterocycles. The van der Waals surface area contributed by atoms with E-state index in [1.165, 1.54) is 38.5 Å². The van der Waals surface area contributed by atoms with Crippen molar-refractivity contribution in [2.75, 3.05) is 0 Å². The molecule has 8 heteroatoms. The Balaban J connectivity index is 1.61. The summed E-state index contributed by atoms with van der Waals surface area (Å²) in [5.41, 5.74) is 2.09. The largest absolute Gasteiger partial charge is 0.353 e. The molecule has 0 bridgehead atoms. The number of nitrogens with zero attached hydrogens (tertiary/aromatic N) is 5. The van der Waals surface area contributed by atoms with Gasteiger partial charge in [0.05, 0.1) is 11.4 Å². The topological polar surface area (TPSA) is 81.9 Å². The van der Waals surface area contributed by atoms with Crippen LogP contribution in [0, 0.1) is 0 Å². The lowest BCUT2D eigenvalue weighted by Gasteiger charge is -2.10. The Morgan fingerprint density at radius 2 is 0.926 bits per heavy atom. The summed E-state index contributed by atoms with van der Waals surface area (Å²) in [6, 6.07) is 0.0786. The highest BCUT2D eigenvalue weighted by Crippen LogP contribution is 2.18. The summed E-state index contributed by atoms with van der Waals surface area (Å²) >= 11 is 5.97. The highest BCUT2D eigenvalue weighted by molar-refractivity contribution is 6.28. The van der Waals surface area contributed by atoms with Crippen LogP contribution in [-0.4, -0.2) is 26.4 Å². The minimum atomic E-state index is 0.00531. The zero-order valence-electron chi connectivity index (χ0n) is 15.8. The van der Waals surface area contributed by atoms with E-state index in [1.54, 1.807) is 0 Å². The van der Waals surface area contributed by atoms with E-state index in [4.69, 9.17) is 21.3 Å². The van der Waals surface area contributed by atoms with Crippen LogP contribution in [0.4, 0.5) is 0 Å². The molecule has 3 rings (SSSR count). The van der Waals surface area contributed by atoms with Crippen LogP contribution in [0.1, 0.15) is 89.9 Å². The summed E-state index contributed by atoms with van der Waals surface area (Å²) in [5.74, 6) is 0. The molecule has 0 aromatic carbocycles. The zero-order valence-corrected chi connectivity index (χ0v) is 16.6. The predicted molar refractivity (Wildman–Crippen MR) is 106 cm³/mol. The third-order valence-electron chi connectivity index (χ3n) is 4.94. The molecule has 0 amide bonds. The van der Waals surface area contributed by atoms with E-state index >= 15 is 0 Å². The Bertz CT molecular complexity index is 593. The van der Waals surface area contributed by atoms with Crippen molar-refractivity contribution in [3.63, 3.8) is 0 Å². The maximum Gasteiger partial charge on any atom is 0.353 e. The van der Waals surface area contributed by atoms with Gasteiger partial charge in [-0.2, -0.15) is 9.97 Å². The Morgan fingerprint density at radius 3 is 1.33 bits per heavy atom. The van der Waals surface area contributed by atoms with Crippen molar-refractivity contribution in [1.82, 2.24) is 15.0 Å². The number of halogens is 1. The molecule has 0 atom stereocenters. The SMILES string of the molecule is Clc1nc(ON=C2CCCCCCC2)nc(ON=C2CCCCCCC2)n1. The second kappa shape index (κ2) is 11.2. The van der Waals surface area contributed by atoms with Gasteiger partial charge in [-0.1, -0.05) is 48.8 Å². The summed E-state index contributed by atoms with van der Waals surface area (Å²) in [7, 11) is 0. The fourth-order valence-corrected chi connectivity index (χ4v) is 3.56. The highest BCUT2D eigenvalue weighted by atomic mass is 35.5. The molecular formula is C19H28ClN5O2. The summed E-state index contributed by atoms with van der Waals surface area (Å²) in [6.45, 7) is 0. The van der Waals surface area contributed by atoms with E-state index in [-0.39, 0.29) is 17.3 Å². The molecule has 0 unspecified atom stereocenters. The van der Waals surface area contributed by atoms with E-state index < -0.39 is 0 Å². The Kier molecular flexibility index (Phi) is 8.27. The van der Waals surface area contributed by atoms with Gasteiger partial charge in [0.25, 0.3) is 0 Å². The fourth-order valence-electron chi connectivity index (χ4n) is 3.42. The van der Waals surface area contributed by atoms with E-state index in [0.717, 1.165) is 62.8 Å². The van der Waals surface area contributed by atoms with Gasteiger partial charge in [-0.3, -0.25) is 0 Å². The van der Waals surface area contributed by atoms with Crippen molar-refractivity contribution in [2.45, 2.75) is 89.9 Å². The first-order valence-electron chi connectivity index (χ1n) is 10.2. The lowest BCUT2D eigenvalue weighted by atomic mass is 9.99. The average Bonchev–Trinajstić information content (AvgIpc) is 2.59. The third-order valence-corrected chi connectivity index (χ3v) is 5.11. The number of hydrogen-bond acceptors (Lipinski definition) is 7. The second-order valence-corrected chi connectivity index (χ2v) is 7.54. The molecule has 2 aliphatic rings. The lowest BCUT2D eigenvalue weighted by Crippen LogP contribution is -2.07. The first kappa shape index (κ1) is 20.0. The van der Waals surface area contributed by atoms with Gasteiger partial charge in [0.1, 0.15) is 0 Å².